The molecule has 0 spiro atoms. The molecule has 1 aromatic rings. The number of aromatic nitrogens is 1. The summed E-state index contributed by atoms with van der Waals surface area (Å²) in [5.74, 6) is -0.509. The Hall–Kier alpha value is -2.24. The number of carbonyl (C=O) groups is 2. The highest BCUT2D eigenvalue weighted by molar-refractivity contribution is 6.02. The molecule has 126 valence electrons. The van der Waals surface area contributed by atoms with E-state index in [2.05, 4.69) is 22.2 Å². The number of rotatable bonds is 8. The predicted octanol–water partition coefficient (Wildman–Crippen LogP) is 3.68. The summed E-state index contributed by atoms with van der Waals surface area (Å²) in [4.78, 5) is 28.2. The summed E-state index contributed by atoms with van der Waals surface area (Å²) in [6, 6.07) is 1.33. The summed E-state index contributed by atoms with van der Waals surface area (Å²) >= 11 is 0. The Kier molecular flexibility index (Phi) is 7.38. The summed E-state index contributed by atoms with van der Waals surface area (Å²) in [7, 11) is 0. The van der Waals surface area contributed by atoms with Crippen molar-refractivity contribution < 1.29 is 14.0 Å². The summed E-state index contributed by atoms with van der Waals surface area (Å²) < 4.78 is 12.8. The van der Waals surface area contributed by atoms with Crippen molar-refractivity contribution in [2.24, 2.45) is 5.92 Å². The van der Waals surface area contributed by atoms with Gasteiger partial charge in [-0.1, -0.05) is 33.8 Å². The number of unbranched alkanes of at least 4 members (excludes halogenated alkanes) is 1. The van der Waals surface area contributed by atoms with Crippen LogP contribution >= 0.6 is 0 Å². The molecule has 1 heterocycles. The van der Waals surface area contributed by atoms with Crippen molar-refractivity contribution in [2.75, 3.05) is 5.32 Å². The molecule has 0 aromatic carbocycles. The lowest BCUT2D eigenvalue weighted by Gasteiger charge is -2.22. The molecule has 0 bridgehead atoms. The zero-order valence-corrected chi connectivity index (χ0v) is 13.9. The molecule has 0 aliphatic heterocycles. The molecule has 0 aliphatic rings. The number of urea groups is 1. The van der Waals surface area contributed by atoms with Crippen molar-refractivity contribution in [1.82, 2.24) is 10.3 Å². The van der Waals surface area contributed by atoms with Crippen LogP contribution in [-0.4, -0.2) is 22.8 Å². The van der Waals surface area contributed by atoms with E-state index in [0.717, 1.165) is 19.0 Å². The molecule has 2 N–H and O–H groups in total. The molecular formula is C17H24FN3O2. The van der Waals surface area contributed by atoms with Crippen LogP contribution in [0.15, 0.2) is 30.5 Å². The highest BCUT2D eigenvalue weighted by atomic mass is 19.1. The molecule has 0 unspecified atom stereocenters. The number of nitrogens with zero attached hydrogens (tertiary/aromatic N) is 1. The first-order valence-electron chi connectivity index (χ1n) is 7.76. The Balaban J connectivity index is 2.67. The average Bonchev–Trinajstić information content (AvgIpc) is 2.51. The zero-order valence-electron chi connectivity index (χ0n) is 13.9. The summed E-state index contributed by atoms with van der Waals surface area (Å²) in [6.07, 6.45) is 3.50. The van der Waals surface area contributed by atoms with Crippen LogP contribution in [0.3, 0.4) is 0 Å². The molecule has 1 aromatic heterocycles. The lowest BCUT2D eigenvalue weighted by atomic mass is 9.93. The highest BCUT2D eigenvalue weighted by Crippen LogP contribution is 2.13. The van der Waals surface area contributed by atoms with E-state index in [0.29, 0.717) is 12.0 Å². The average molecular weight is 321 g/mol. The van der Waals surface area contributed by atoms with Gasteiger partial charge in [0.05, 0.1) is 12.2 Å². The Labute approximate surface area is 136 Å². The maximum atomic E-state index is 12.8. The Morgan fingerprint density at radius 1 is 1.35 bits per heavy atom. The number of amides is 2. The predicted molar refractivity (Wildman–Crippen MR) is 88.6 cm³/mol. The number of carbonyl (C=O) groups excluding carboxylic acids is 2. The van der Waals surface area contributed by atoms with Gasteiger partial charge in [0.2, 0.25) is 0 Å². The number of Topliss-reactive ketones (excluding diaryl/α,β-unsaturated/α-hetero) is 1. The SMILES string of the molecule is C=C(CCCC)C(=O)[C@@H](NC(=O)Nc1ccc(F)cn1)C(C)C. The van der Waals surface area contributed by atoms with Crippen LogP contribution < -0.4 is 10.6 Å². The Morgan fingerprint density at radius 3 is 2.57 bits per heavy atom. The van der Waals surface area contributed by atoms with Gasteiger partial charge in [-0.15, -0.1) is 0 Å². The number of halogens is 1. The van der Waals surface area contributed by atoms with Crippen molar-refractivity contribution in [2.45, 2.75) is 46.1 Å². The van der Waals surface area contributed by atoms with E-state index in [4.69, 9.17) is 0 Å². The second kappa shape index (κ2) is 9.02. The number of ketones is 1. The molecule has 23 heavy (non-hydrogen) atoms. The fraction of sp³-hybridized carbons (Fsp3) is 0.471. The Morgan fingerprint density at radius 2 is 2.04 bits per heavy atom. The smallest absolute Gasteiger partial charge is 0.321 e. The van der Waals surface area contributed by atoms with E-state index >= 15 is 0 Å². The minimum absolute atomic E-state index is 0.0761. The van der Waals surface area contributed by atoms with Gasteiger partial charge in [-0.3, -0.25) is 10.1 Å². The minimum atomic E-state index is -0.653. The fourth-order valence-corrected chi connectivity index (χ4v) is 2.01. The van der Waals surface area contributed by atoms with E-state index < -0.39 is 17.9 Å². The molecule has 0 aliphatic carbocycles. The van der Waals surface area contributed by atoms with Gasteiger partial charge in [0.25, 0.3) is 0 Å². The maximum Gasteiger partial charge on any atom is 0.321 e. The van der Waals surface area contributed by atoms with Gasteiger partial charge >= 0.3 is 6.03 Å². The first-order valence-corrected chi connectivity index (χ1v) is 7.76. The van der Waals surface area contributed by atoms with Crippen LogP contribution in [0.1, 0.15) is 40.0 Å². The molecule has 5 nitrogen and oxygen atoms in total. The topological polar surface area (TPSA) is 71.1 Å². The van der Waals surface area contributed by atoms with Gasteiger partial charge in [-0.25, -0.2) is 14.2 Å². The minimum Gasteiger partial charge on any atom is -0.327 e. The van der Waals surface area contributed by atoms with Gasteiger partial charge in [0.15, 0.2) is 5.78 Å². The van der Waals surface area contributed by atoms with E-state index in [9.17, 15) is 14.0 Å². The van der Waals surface area contributed by atoms with Gasteiger partial charge in [-0.2, -0.15) is 0 Å². The van der Waals surface area contributed by atoms with E-state index in [-0.39, 0.29) is 17.5 Å². The van der Waals surface area contributed by atoms with Crippen LogP contribution in [0.2, 0.25) is 0 Å². The van der Waals surface area contributed by atoms with Gasteiger partial charge in [-0.05, 0) is 36.5 Å². The van der Waals surface area contributed by atoms with Crippen LogP contribution in [0.5, 0.6) is 0 Å². The normalized spacial score (nSPS) is 11.9. The van der Waals surface area contributed by atoms with Crippen LogP contribution in [-0.2, 0) is 4.79 Å². The number of hydrogen-bond donors (Lipinski definition) is 2. The maximum absolute atomic E-state index is 12.8. The molecule has 1 rings (SSSR count). The first kappa shape index (κ1) is 18.8. The van der Waals surface area contributed by atoms with Gasteiger partial charge in [0, 0.05) is 0 Å². The van der Waals surface area contributed by atoms with Gasteiger partial charge in [0.1, 0.15) is 11.6 Å². The zero-order chi connectivity index (χ0) is 17.4. The molecule has 0 saturated heterocycles. The lowest BCUT2D eigenvalue weighted by molar-refractivity contribution is -0.118. The van der Waals surface area contributed by atoms with E-state index in [1.807, 2.05) is 20.8 Å². The molecule has 0 saturated carbocycles. The van der Waals surface area contributed by atoms with Crippen molar-refractivity contribution >= 4 is 17.6 Å². The standard InChI is InChI=1S/C17H24FN3O2/c1-5-6-7-12(4)16(22)15(11(2)3)21-17(23)20-14-9-8-13(18)10-19-14/h8-11,15H,4-7H2,1-3H3,(H2,19,20,21,23)/t15-/m0/s1. The fourth-order valence-electron chi connectivity index (χ4n) is 2.01. The lowest BCUT2D eigenvalue weighted by Crippen LogP contribution is -2.46. The van der Waals surface area contributed by atoms with Crippen molar-refractivity contribution in [3.05, 3.63) is 36.3 Å². The van der Waals surface area contributed by atoms with Crippen LogP contribution in [0, 0.1) is 11.7 Å². The third-order valence-corrected chi connectivity index (χ3v) is 3.39. The van der Waals surface area contributed by atoms with E-state index in [1.165, 1.54) is 12.1 Å². The van der Waals surface area contributed by atoms with Crippen molar-refractivity contribution in [3.63, 3.8) is 0 Å². The van der Waals surface area contributed by atoms with Crippen molar-refractivity contribution in [1.29, 1.82) is 0 Å². The molecule has 0 radical (unpaired) electrons. The highest BCUT2D eigenvalue weighted by Gasteiger charge is 2.25. The van der Waals surface area contributed by atoms with Crippen LogP contribution in [0.4, 0.5) is 15.0 Å². The summed E-state index contributed by atoms with van der Waals surface area (Å²) in [5.41, 5.74) is 0.519. The van der Waals surface area contributed by atoms with Crippen LogP contribution in [0.25, 0.3) is 0 Å². The number of anilines is 1. The molecular weight excluding hydrogens is 297 g/mol. The Bertz CT molecular complexity index is 555. The first-order chi connectivity index (χ1) is 10.8. The second-order valence-corrected chi connectivity index (χ2v) is 5.75. The summed E-state index contributed by atoms with van der Waals surface area (Å²) in [6.45, 7) is 9.57. The molecule has 1 atom stereocenters. The third kappa shape index (κ3) is 6.18. The second-order valence-electron chi connectivity index (χ2n) is 5.75. The molecule has 6 heteroatoms. The number of hydrogen-bond acceptors (Lipinski definition) is 3. The van der Waals surface area contributed by atoms with E-state index in [1.54, 1.807) is 0 Å². The molecule has 2 amide bonds. The third-order valence-electron chi connectivity index (χ3n) is 3.39. The number of pyridine rings is 1. The monoisotopic (exact) mass is 321 g/mol. The quantitative estimate of drug-likeness (QED) is 0.717. The summed E-state index contributed by atoms with van der Waals surface area (Å²) in [5, 5.41) is 5.12. The van der Waals surface area contributed by atoms with Crippen molar-refractivity contribution in [3.8, 4) is 0 Å². The van der Waals surface area contributed by atoms with Gasteiger partial charge < -0.3 is 5.32 Å². The largest absolute Gasteiger partial charge is 0.327 e. The number of nitrogens with one attached hydrogen (secondary N) is 2. The molecule has 0 fully saturated rings.